The van der Waals surface area contributed by atoms with E-state index in [2.05, 4.69) is 16.0 Å². The van der Waals surface area contributed by atoms with Gasteiger partial charge in [0.25, 0.3) is 0 Å². The third kappa shape index (κ3) is 8.21. The highest BCUT2D eigenvalue weighted by atomic mass is 32.2. The van der Waals surface area contributed by atoms with Gasteiger partial charge in [0.2, 0.25) is 11.8 Å². The van der Waals surface area contributed by atoms with E-state index in [9.17, 15) is 14.4 Å². The molecule has 3 atom stereocenters. The second kappa shape index (κ2) is 12.8. The van der Waals surface area contributed by atoms with E-state index < -0.39 is 0 Å². The Hall–Kier alpha value is -1.56. The fourth-order valence-corrected chi connectivity index (χ4v) is 4.73. The zero-order chi connectivity index (χ0) is 20.2. The molecule has 0 bridgehead atoms. The van der Waals surface area contributed by atoms with Gasteiger partial charge in [0.1, 0.15) is 0 Å². The maximum atomic E-state index is 11.8. The Morgan fingerprint density at radius 2 is 1.86 bits per heavy atom. The van der Waals surface area contributed by atoms with Gasteiger partial charge in [-0.25, -0.2) is 10.6 Å². The summed E-state index contributed by atoms with van der Waals surface area (Å²) >= 11 is 1.89. The minimum atomic E-state index is -0.267. The van der Waals surface area contributed by atoms with Crippen LogP contribution in [0, 0.1) is 0 Å². The number of amides is 4. The van der Waals surface area contributed by atoms with E-state index in [4.69, 9.17) is 15.3 Å². The predicted octanol–water partition coefficient (Wildman–Crippen LogP) is -0.758. The molecule has 11 heteroatoms. The fraction of sp³-hybridized carbons (Fsp3) is 0.824. The maximum absolute atomic E-state index is 11.8. The number of thioether (sulfide) groups is 1. The van der Waals surface area contributed by atoms with Crippen LogP contribution in [-0.2, 0) is 19.1 Å². The summed E-state index contributed by atoms with van der Waals surface area (Å²) in [7, 11) is 0. The summed E-state index contributed by atoms with van der Waals surface area (Å²) in [6, 6.07) is 0.416. The van der Waals surface area contributed by atoms with E-state index >= 15 is 0 Å². The van der Waals surface area contributed by atoms with E-state index in [-0.39, 0.29) is 36.3 Å². The molecule has 2 saturated heterocycles. The Morgan fingerprint density at radius 3 is 2.64 bits per heavy atom. The monoisotopic (exact) mass is 417 g/mol. The first kappa shape index (κ1) is 22.7. The Labute approximate surface area is 169 Å². The molecule has 0 aromatic carbocycles. The van der Waals surface area contributed by atoms with Crippen LogP contribution in [-0.4, -0.2) is 73.9 Å². The molecule has 2 aliphatic rings. The summed E-state index contributed by atoms with van der Waals surface area (Å²) in [5.41, 5.74) is 2.03. The van der Waals surface area contributed by atoms with Crippen molar-refractivity contribution in [3.05, 3.63) is 0 Å². The van der Waals surface area contributed by atoms with Crippen molar-refractivity contribution in [3.63, 3.8) is 0 Å². The van der Waals surface area contributed by atoms with E-state index in [0.29, 0.717) is 44.6 Å². The van der Waals surface area contributed by atoms with Gasteiger partial charge in [0.15, 0.2) is 0 Å². The summed E-state index contributed by atoms with van der Waals surface area (Å²) in [4.78, 5) is 34.0. The second-order valence-corrected chi connectivity index (χ2v) is 8.03. The average molecular weight is 418 g/mol. The number of rotatable bonds is 14. The summed E-state index contributed by atoms with van der Waals surface area (Å²) in [5.74, 6) is 5.67. The van der Waals surface area contributed by atoms with Crippen molar-refractivity contribution in [2.45, 2.75) is 49.4 Å². The third-order valence-corrected chi connectivity index (χ3v) is 6.16. The summed E-state index contributed by atoms with van der Waals surface area (Å²) in [5, 5.41) is 9.19. The van der Waals surface area contributed by atoms with Crippen molar-refractivity contribution in [1.29, 1.82) is 0 Å². The standard InChI is InChI=1S/C17H31N5O5S/c18-22-15(24)5-7-26-9-10-27-8-6-19-14(23)4-2-1-3-13-16-12(11-28-13)20-17(25)21-16/h12-13,16H,1-11,18H2,(H,19,23)(H,22,24)(H2,20,21,25)/t12-,13?,16-/m0/s1. The third-order valence-electron chi connectivity index (χ3n) is 4.66. The number of nitrogens with two attached hydrogens (primary N) is 1. The van der Waals surface area contributed by atoms with Crippen molar-refractivity contribution >= 4 is 29.6 Å². The number of ether oxygens (including phenoxy) is 2. The average Bonchev–Trinajstić information content (AvgIpc) is 3.23. The maximum Gasteiger partial charge on any atom is 0.315 e. The molecule has 2 fully saturated rings. The molecular weight excluding hydrogens is 386 g/mol. The molecule has 1 unspecified atom stereocenters. The SMILES string of the molecule is NNC(=O)CCOCCOCCNC(=O)CCCCC1SC[C@@H]2NC(=O)N[C@H]12. The van der Waals surface area contributed by atoms with Crippen LogP contribution in [0.25, 0.3) is 0 Å². The van der Waals surface area contributed by atoms with Crippen LogP contribution in [0.5, 0.6) is 0 Å². The van der Waals surface area contributed by atoms with Gasteiger partial charge in [-0.05, 0) is 12.8 Å². The number of fused-ring (bicyclic) bond motifs is 1. The van der Waals surface area contributed by atoms with Crippen LogP contribution in [0.2, 0.25) is 0 Å². The number of carbonyl (C=O) groups is 3. The van der Waals surface area contributed by atoms with Crippen LogP contribution in [0.3, 0.4) is 0 Å². The van der Waals surface area contributed by atoms with Gasteiger partial charge < -0.3 is 25.4 Å². The highest BCUT2D eigenvalue weighted by Gasteiger charge is 2.42. The van der Waals surface area contributed by atoms with Crippen molar-refractivity contribution < 1.29 is 23.9 Å². The molecule has 2 aliphatic heterocycles. The van der Waals surface area contributed by atoms with Crippen LogP contribution < -0.4 is 27.2 Å². The van der Waals surface area contributed by atoms with Gasteiger partial charge in [0.05, 0.1) is 44.9 Å². The molecule has 0 aromatic rings. The fourth-order valence-electron chi connectivity index (χ4n) is 3.18. The first-order valence-corrected chi connectivity index (χ1v) is 10.8. The van der Waals surface area contributed by atoms with Crippen LogP contribution in [0.1, 0.15) is 32.1 Å². The Balaban J connectivity index is 1.37. The molecule has 0 spiro atoms. The van der Waals surface area contributed by atoms with Crippen molar-refractivity contribution in [2.24, 2.45) is 5.84 Å². The first-order valence-electron chi connectivity index (χ1n) is 9.70. The first-order chi connectivity index (χ1) is 13.6. The number of nitrogens with one attached hydrogen (secondary N) is 4. The van der Waals surface area contributed by atoms with E-state index in [1.807, 2.05) is 17.2 Å². The minimum Gasteiger partial charge on any atom is -0.379 e. The van der Waals surface area contributed by atoms with Gasteiger partial charge in [0, 0.05) is 24.0 Å². The lowest BCUT2D eigenvalue weighted by Gasteiger charge is -2.16. The van der Waals surface area contributed by atoms with Crippen molar-refractivity contribution in [2.75, 3.05) is 38.7 Å². The van der Waals surface area contributed by atoms with Crippen LogP contribution in [0.15, 0.2) is 0 Å². The zero-order valence-corrected chi connectivity index (χ0v) is 16.9. The molecule has 4 amide bonds. The molecule has 6 N–H and O–H groups in total. The van der Waals surface area contributed by atoms with Crippen molar-refractivity contribution in [1.82, 2.24) is 21.4 Å². The molecule has 0 aliphatic carbocycles. The largest absolute Gasteiger partial charge is 0.379 e. The Bertz CT molecular complexity index is 524. The zero-order valence-electron chi connectivity index (χ0n) is 16.0. The van der Waals surface area contributed by atoms with E-state index in [0.717, 1.165) is 25.0 Å². The van der Waals surface area contributed by atoms with E-state index in [1.165, 1.54) is 0 Å². The van der Waals surface area contributed by atoms with Crippen LogP contribution >= 0.6 is 11.8 Å². The number of unbranched alkanes of at least 4 members (excludes halogenated alkanes) is 1. The smallest absolute Gasteiger partial charge is 0.315 e. The number of carbonyl (C=O) groups excluding carboxylic acids is 3. The predicted molar refractivity (Wildman–Crippen MR) is 106 cm³/mol. The summed E-state index contributed by atoms with van der Waals surface area (Å²) < 4.78 is 10.6. The highest BCUT2D eigenvalue weighted by molar-refractivity contribution is 8.00. The highest BCUT2D eigenvalue weighted by Crippen LogP contribution is 2.33. The van der Waals surface area contributed by atoms with Gasteiger partial charge >= 0.3 is 6.03 Å². The minimum absolute atomic E-state index is 0.0282. The number of hydrogen-bond donors (Lipinski definition) is 5. The molecule has 2 heterocycles. The lowest BCUT2D eigenvalue weighted by molar-refractivity contribution is -0.122. The molecular formula is C17H31N5O5S. The summed E-state index contributed by atoms with van der Waals surface area (Å²) in [6.45, 7) is 1.99. The lowest BCUT2D eigenvalue weighted by Crippen LogP contribution is -2.36. The van der Waals surface area contributed by atoms with E-state index in [1.54, 1.807) is 0 Å². The quantitative estimate of drug-likeness (QED) is 0.0822. The number of urea groups is 1. The van der Waals surface area contributed by atoms with Gasteiger partial charge in [-0.15, -0.1) is 0 Å². The normalized spacial score (nSPS) is 23.0. The molecule has 160 valence electrons. The Kier molecular flexibility index (Phi) is 10.4. The summed E-state index contributed by atoms with van der Waals surface area (Å²) in [6.07, 6.45) is 3.55. The molecule has 28 heavy (non-hydrogen) atoms. The lowest BCUT2D eigenvalue weighted by atomic mass is 10.0. The van der Waals surface area contributed by atoms with Gasteiger partial charge in [-0.3, -0.25) is 15.0 Å². The Morgan fingerprint density at radius 1 is 1.07 bits per heavy atom. The van der Waals surface area contributed by atoms with Gasteiger partial charge in [-0.1, -0.05) is 6.42 Å². The molecule has 10 nitrogen and oxygen atoms in total. The molecule has 0 saturated carbocycles. The number of hydrazine groups is 1. The van der Waals surface area contributed by atoms with Crippen LogP contribution in [0.4, 0.5) is 4.79 Å². The molecule has 0 radical (unpaired) electrons. The second-order valence-electron chi connectivity index (χ2n) is 6.76. The van der Waals surface area contributed by atoms with Crippen molar-refractivity contribution in [3.8, 4) is 0 Å². The molecule has 0 aromatic heterocycles. The van der Waals surface area contributed by atoms with Gasteiger partial charge in [-0.2, -0.15) is 11.8 Å². The molecule has 2 rings (SSSR count). The number of hydrogen-bond acceptors (Lipinski definition) is 7. The topological polar surface area (TPSA) is 144 Å².